The van der Waals surface area contributed by atoms with Gasteiger partial charge < -0.3 is 56.4 Å². The second-order valence-corrected chi connectivity index (χ2v) is 16.7. The third-order valence-electron chi connectivity index (χ3n) is 13.7. The number of phenols is 2. The first kappa shape index (κ1) is 38.0. The minimum atomic E-state index is -1.26. The summed E-state index contributed by atoms with van der Waals surface area (Å²) >= 11 is 0. The number of carbonyl (C=O) groups excluding carboxylic acids is 1. The molecule has 2 aromatic carbocycles. The molecule has 7 atom stereocenters. The van der Waals surface area contributed by atoms with Gasteiger partial charge in [-0.05, 0) is 116 Å². The summed E-state index contributed by atoms with van der Waals surface area (Å²) < 4.78 is 20.4. The topological polar surface area (TPSA) is 223 Å². The lowest BCUT2D eigenvalue weighted by Crippen LogP contribution is -2.59. The van der Waals surface area contributed by atoms with Crippen LogP contribution in [0.25, 0.3) is 11.0 Å². The highest BCUT2D eigenvalue weighted by atomic mass is 16.6. The monoisotopic (exact) mass is 790 g/mol. The van der Waals surface area contributed by atoms with Crippen LogP contribution in [0.15, 0.2) is 91.6 Å². The van der Waals surface area contributed by atoms with Crippen LogP contribution in [0.1, 0.15) is 73.5 Å². The molecule has 0 amide bonds. The standard InChI is InChI=1S/C45H50N4O9/c1-3-21(19-50)44(55)57-35-17-32-40(54)39-34(53)16-27(20-51)56-42(39)38-31-13-24-12-26(52)7-4-22(24)5-9-29(37-30(31)10-11-48-43(37)47)28-8-6-23-15-36(46)49-18-25(23)14-33(28)45(35,2)58-41(32)38/h3-4,7,10,12,15-16,18,28-29,31,33,35-36,48-52,54H,5-6,8-9,11,13-14,17,19-20,46-47H2,1-2H3. The quantitative estimate of drug-likeness (QED) is 0.139. The van der Waals surface area contributed by atoms with E-state index in [1.165, 1.54) is 12.1 Å². The van der Waals surface area contributed by atoms with Gasteiger partial charge >= 0.3 is 5.97 Å². The number of esters is 1. The number of nitrogens with one attached hydrogen (secondary N) is 2. The largest absolute Gasteiger partial charge is 0.508 e. The van der Waals surface area contributed by atoms with E-state index in [0.29, 0.717) is 49.4 Å². The SMILES string of the molecule is CC=C(CO)C(=O)OC1Cc2c3c(c4oc(CO)cc(=O)c4c2O)C2Cc4cc(O)ccc4CCC(C4=C(N)NCC=C42)C2CCC4=CC(N)NC=C4CC2C1(C)O3. The molecule has 58 heavy (non-hydrogen) atoms. The molecule has 9 rings (SSSR count). The van der Waals surface area contributed by atoms with Crippen LogP contribution in [-0.4, -0.2) is 57.4 Å². The number of dihydropyridines is 2. The van der Waals surface area contributed by atoms with Crippen LogP contribution in [0.2, 0.25) is 0 Å². The fourth-order valence-electron chi connectivity index (χ4n) is 10.8. The number of fused-ring (bicyclic) bond motifs is 9. The number of hydrogen-bond acceptors (Lipinski definition) is 13. The predicted molar refractivity (Wildman–Crippen MR) is 215 cm³/mol. The minimum absolute atomic E-state index is 0.00967. The van der Waals surface area contributed by atoms with Gasteiger partial charge in [0.15, 0.2) is 5.43 Å². The second kappa shape index (κ2) is 14.4. The number of phenolic OH excluding ortho intramolecular Hbond substituents is 2. The summed E-state index contributed by atoms with van der Waals surface area (Å²) in [5, 5.41) is 50.2. The lowest BCUT2D eigenvalue weighted by atomic mass is 9.61. The average Bonchev–Trinajstić information content (AvgIpc) is 3.35. The zero-order chi connectivity index (χ0) is 40.6. The van der Waals surface area contributed by atoms with Crippen LogP contribution in [0.5, 0.6) is 17.2 Å². The molecular weight excluding hydrogens is 741 g/mol. The summed E-state index contributed by atoms with van der Waals surface area (Å²) in [5.74, 6) is -1.22. The molecule has 4 bridgehead atoms. The van der Waals surface area contributed by atoms with Gasteiger partial charge in [0.05, 0.1) is 18.3 Å². The Morgan fingerprint density at radius 2 is 1.91 bits per heavy atom. The molecule has 7 unspecified atom stereocenters. The van der Waals surface area contributed by atoms with Crippen molar-refractivity contribution in [3.05, 3.63) is 121 Å². The van der Waals surface area contributed by atoms with Crippen LogP contribution in [0.3, 0.4) is 0 Å². The first-order valence-electron chi connectivity index (χ1n) is 20.2. The van der Waals surface area contributed by atoms with Crippen LogP contribution in [0.4, 0.5) is 0 Å². The highest BCUT2D eigenvalue weighted by Gasteiger charge is 2.57. The highest BCUT2D eigenvalue weighted by molar-refractivity contribution is 5.92. The number of nitrogens with two attached hydrogens (primary N) is 2. The number of carbonyl (C=O) groups is 1. The van der Waals surface area contributed by atoms with E-state index in [-0.39, 0.29) is 69.7 Å². The number of ether oxygens (including phenoxy) is 2. The van der Waals surface area contributed by atoms with Crippen molar-refractivity contribution in [3.63, 3.8) is 0 Å². The number of aliphatic hydroxyl groups excluding tert-OH is 2. The Bertz CT molecular complexity index is 2460. The van der Waals surface area contributed by atoms with Crippen LogP contribution < -0.4 is 32.3 Å². The second-order valence-electron chi connectivity index (χ2n) is 16.7. The molecule has 1 saturated carbocycles. The van der Waals surface area contributed by atoms with Crippen molar-refractivity contribution in [2.45, 2.75) is 89.2 Å². The number of benzene rings is 2. The van der Waals surface area contributed by atoms with Gasteiger partial charge in [0, 0.05) is 48.2 Å². The molecule has 1 fully saturated rings. The first-order chi connectivity index (χ1) is 27.9. The molecule has 10 N–H and O–H groups in total. The smallest absolute Gasteiger partial charge is 0.336 e. The number of allylic oxidation sites excluding steroid dienone is 5. The molecule has 304 valence electrons. The van der Waals surface area contributed by atoms with E-state index >= 15 is 0 Å². The molecule has 0 saturated heterocycles. The lowest BCUT2D eigenvalue weighted by Gasteiger charge is -2.52. The Balaban J connectivity index is 1.41. The fourth-order valence-corrected chi connectivity index (χ4v) is 10.8. The number of aliphatic hydroxyl groups is 2. The number of rotatable bonds is 4. The Labute approximate surface area is 335 Å². The molecule has 13 nitrogen and oxygen atoms in total. The van der Waals surface area contributed by atoms with Crippen molar-refractivity contribution in [2.24, 2.45) is 29.2 Å². The molecule has 13 heteroatoms. The zero-order valence-corrected chi connectivity index (χ0v) is 32.6. The summed E-state index contributed by atoms with van der Waals surface area (Å²) in [6, 6.07) is 6.64. The van der Waals surface area contributed by atoms with Gasteiger partial charge in [0.1, 0.15) is 58.1 Å². The van der Waals surface area contributed by atoms with Crippen molar-refractivity contribution in [3.8, 4) is 17.2 Å². The molecule has 6 aliphatic rings. The van der Waals surface area contributed by atoms with Crippen molar-refractivity contribution >= 4 is 16.9 Å². The van der Waals surface area contributed by atoms with Crippen molar-refractivity contribution in [1.29, 1.82) is 0 Å². The van der Waals surface area contributed by atoms with Crippen LogP contribution in [-0.2, 0) is 35.4 Å². The first-order valence-corrected chi connectivity index (χ1v) is 20.2. The van der Waals surface area contributed by atoms with E-state index in [1.54, 1.807) is 19.1 Å². The maximum atomic E-state index is 14.0. The van der Waals surface area contributed by atoms with E-state index in [4.69, 9.17) is 25.4 Å². The van der Waals surface area contributed by atoms with Gasteiger partial charge in [-0.1, -0.05) is 18.2 Å². The summed E-state index contributed by atoms with van der Waals surface area (Å²) in [6.45, 7) is 2.98. The Hall–Kier alpha value is -5.50. The van der Waals surface area contributed by atoms with Crippen LogP contribution >= 0.6 is 0 Å². The number of hydrogen-bond donors (Lipinski definition) is 8. The van der Waals surface area contributed by atoms with E-state index in [1.807, 2.05) is 19.2 Å². The zero-order valence-electron chi connectivity index (χ0n) is 32.6. The summed E-state index contributed by atoms with van der Waals surface area (Å²) in [7, 11) is 0. The van der Waals surface area contributed by atoms with Gasteiger partial charge in [-0.3, -0.25) is 4.79 Å². The van der Waals surface area contributed by atoms with Gasteiger partial charge in [0.25, 0.3) is 0 Å². The van der Waals surface area contributed by atoms with E-state index in [2.05, 4.69) is 22.8 Å². The molecular formula is C45H50N4O9. The number of aryl methyl sites for hydroxylation is 1. The maximum absolute atomic E-state index is 14.0. The van der Waals surface area contributed by atoms with Crippen molar-refractivity contribution in [2.75, 3.05) is 13.2 Å². The van der Waals surface area contributed by atoms with Gasteiger partial charge in [-0.15, -0.1) is 0 Å². The van der Waals surface area contributed by atoms with Crippen LogP contribution in [0, 0.1) is 17.8 Å². The number of aromatic hydroxyl groups is 2. The van der Waals surface area contributed by atoms with Gasteiger partial charge in [0.2, 0.25) is 0 Å². The Morgan fingerprint density at radius 1 is 1.09 bits per heavy atom. The van der Waals surface area contributed by atoms with E-state index < -0.39 is 42.2 Å². The predicted octanol–water partition coefficient (Wildman–Crippen LogP) is 3.96. The van der Waals surface area contributed by atoms with Gasteiger partial charge in [-0.2, -0.15) is 0 Å². The molecule has 4 aliphatic heterocycles. The van der Waals surface area contributed by atoms with Gasteiger partial charge in [-0.25, -0.2) is 4.79 Å². The Morgan fingerprint density at radius 3 is 2.69 bits per heavy atom. The Kier molecular flexibility index (Phi) is 9.45. The highest BCUT2D eigenvalue weighted by Crippen LogP contribution is 2.59. The third kappa shape index (κ3) is 6.01. The normalized spacial score (nSPS) is 28.8. The summed E-state index contributed by atoms with van der Waals surface area (Å²) in [6.07, 6.45) is 10.1. The third-order valence-corrected chi connectivity index (χ3v) is 13.7. The fraction of sp³-hybridized carbons (Fsp3) is 0.422. The summed E-state index contributed by atoms with van der Waals surface area (Å²) in [5.41, 5.74) is 18.7. The summed E-state index contributed by atoms with van der Waals surface area (Å²) in [4.78, 5) is 27.9. The van der Waals surface area contributed by atoms with Crippen molar-refractivity contribution < 1.29 is 39.1 Å². The molecule has 1 aromatic heterocycles. The maximum Gasteiger partial charge on any atom is 0.336 e. The molecule has 0 radical (unpaired) electrons. The van der Waals surface area contributed by atoms with E-state index in [0.717, 1.165) is 46.3 Å². The molecule has 2 aliphatic carbocycles. The van der Waals surface area contributed by atoms with E-state index in [9.17, 15) is 30.0 Å². The minimum Gasteiger partial charge on any atom is -0.508 e. The van der Waals surface area contributed by atoms with Crippen molar-refractivity contribution in [1.82, 2.24) is 10.6 Å². The average molecular weight is 791 g/mol. The molecule has 0 spiro atoms. The molecule has 5 heterocycles. The lowest BCUT2D eigenvalue weighted by molar-refractivity contribution is -0.169. The molecule has 3 aromatic rings.